The molecule has 6 nitrogen and oxygen atoms in total. The van der Waals surface area contributed by atoms with Gasteiger partial charge in [0.2, 0.25) is 0 Å². The first-order valence-electron chi connectivity index (χ1n) is 6.80. The second-order valence-electron chi connectivity index (χ2n) is 5.02. The summed E-state index contributed by atoms with van der Waals surface area (Å²) in [6.07, 6.45) is 0. The van der Waals surface area contributed by atoms with Gasteiger partial charge in [-0.1, -0.05) is 18.2 Å². The van der Waals surface area contributed by atoms with Gasteiger partial charge in [-0.25, -0.2) is 9.18 Å². The molecule has 1 aliphatic heterocycles. The monoisotopic (exact) mass is 336 g/mol. The number of rotatable bonds is 3. The second kappa shape index (κ2) is 5.64. The van der Waals surface area contributed by atoms with Crippen LogP contribution in [0.4, 0.5) is 14.9 Å². The van der Waals surface area contributed by atoms with E-state index in [0.29, 0.717) is 18.8 Å². The smallest absolute Gasteiger partial charge is 0.322 e. The van der Waals surface area contributed by atoms with E-state index in [2.05, 4.69) is 5.32 Å². The molecule has 0 radical (unpaired) electrons. The molecule has 2 amide bonds. The normalized spacial score (nSPS) is 14.9. The molecule has 1 aliphatic rings. The van der Waals surface area contributed by atoms with Crippen molar-refractivity contribution < 1.29 is 22.2 Å². The fourth-order valence-electron chi connectivity index (χ4n) is 2.51. The van der Waals surface area contributed by atoms with Crippen LogP contribution in [0.15, 0.2) is 47.4 Å². The number of anilines is 1. The van der Waals surface area contributed by atoms with Gasteiger partial charge >= 0.3 is 6.03 Å². The molecular formula is C15H13FN2O4S. The van der Waals surface area contributed by atoms with Crippen LogP contribution in [0.5, 0.6) is 0 Å². The Bertz CT molecular complexity index is 883. The molecule has 0 saturated carbocycles. The fourth-order valence-corrected chi connectivity index (χ4v) is 3.01. The van der Waals surface area contributed by atoms with E-state index in [1.165, 1.54) is 35.2 Å². The van der Waals surface area contributed by atoms with Crippen LogP contribution in [0.1, 0.15) is 0 Å². The van der Waals surface area contributed by atoms with E-state index in [0.717, 1.165) is 6.07 Å². The van der Waals surface area contributed by atoms with Gasteiger partial charge in [-0.05, 0) is 24.3 Å². The van der Waals surface area contributed by atoms with Crippen LogP contribution < -0.4 is 10.2 Å². The molecule has 0 aromatic heterocycles. The number of carbonyl (C=O) groups is 1. The highest BCUT2D eigenvalue weighted by Gasteiger charge is 2.26. The van der Waals surface area contributed by atoms with E-state index < -0.39 is 15.9 Å². The number of hydrogen-bond acceptors (Lipinski definition) is 3. The summed E-state index contributed by atoms with van der Waals surface area (Å²) in [7, 11) is -4.44. The van der Waals surface area contributed by atoms with Crippen molar-refractivity contribution in [2.45, 2.75) is 4.90 Å². The lowest BCUT2D eigenvalue weighted by Gasteiger charge is -2.19. The van der Waals surface area contributed by atoms with Crippen LogP contribution in [0, 0.1) is 5.82 Å². The number of halogens is 1. The molecule has 1 saturated heterocycles. The molecule has 0 atom stereocenters. The molecule has 0 aliphatic carbocycles. The Labute approximate surface area is 132 Å². The lowest BCUT2D eigenvalue weighted by atomic mass is 10.0. The molecule has 8 heteroatoms. The predicted molar refractivity (Wildman–Crippen MR) is 82.4 cm³/mol. The lowest BCUT2D eigenvalue weighted by Crippen LogP contribution is -2.28. The van der Waals surface area contributed by atoms with Crippen molar-refractivity contribution in [1.82, 2.24) is 5.32 Å². The summed E-state index contributed by atoms with van der Waals surface area (Å²) in [5.41, 5.74) is 0.737. The number of urea groups is 1. The van der Waals surface area contributed by atoms with E-state index in [1.807, 2.05) is 0 Å². The number of nitrogens with zero attached hydrogens (tertiary/aromatic N) is 1. The highest BCUT2D eigenvalue weighted by Crippen LogP contribution is 2.35. The van der Waals surface area contributed by atoms with Gasteiger partial charge < -0.3 is 5.32 Å². The molecule has 1 heterocycles. The van der Waals surface area contributed by atoms with Gasteiger partial charge in [-0.15, -0.1) is 0 Å². The van der Waals surface area contributed by atoms with E-state index in [1.54, 1.807) is 6.07 Å². The molecule has 3 rings (SSSR count). The number of hydrogen-bond donors (Lipinski definition) is 2. The molecular weight excluding hydrogens is 323 g/mol. The Morgan fingerprint density at radius 1 is 1.13 bits per heavy atom. The van der Waals surface area contributed by atoms with E-state index in [9.17, 15) is 22.2 Å². The van der Waals surface area contributed by atoms with Crippen LogP contribution in [0.2, 0.25) is 0 Å². The summed E-state index contributed by atoms with van der Waals surface area (Å²) < 4.78 is 46.1. The maximum atomic E-state index is 14.1. The first kappa shape index (κ1) is 15.4. The lowest BCUT2D eigenvalue weighted by molar-refractivity contribution is 0.252. The molecule has 23 heavy (non-hydrogen) atoms. The van der Waals surface area contributed by atoms with Crippen LogP contribution in [0.3, 0.4) is 0 Å². The number of amides is 2. The van der Waals surface area contributed by atoms with Crippen molar-refractivity contribution in [1.29, 1.82) is 0 Å². The third-order valence-electron chi connectivity index (χ3n) is 3.58. The Kier molecular flexibility index (Phi) is 3.78. The maximum Gasteiger partial charge on any atom is 0.322 e. The van der Waals surface area contributed by atoms with E-state index in [4.69, 9.17) is 0 Å². The van der Waals surface area contributed by atoms with Gasteiger partial charge in [-0.3, -0.25) is 9.45 Å². The molecule has 1 fully saturated rings. The average molecular weight is 336 g/mol. The zero-order valence-corrected chi connectivity index (χ0v) is 12.7. The zero-order chi connectivity index (χ0) is 16.6. The predicted octanol–water partition coefficient (Wildman–Crippen LogP) is 2.27. The molecule has 2 N–H and O–H groups in total. The Morgan fingerprint density at radius 3 is 2.48 bits per heavy atom. The Balaban J connectivity index is 2.24. The molecule has 0 spiro atoms. The maximum absolute atomic E-state index is 14.1. The summed E-state index contributed by atoms with van der Waals surface area (Å²) >= 11 is 0. The van der Waals surface area contributed by atoms with Crippen molar-refractivity contribution in [3.05, 3.63) is 48.3 Å². The van der Waals surface area contributed by atoms with Crippen LogP contribution in [-0.2, 0) is 10.1 Å². The third-order valence-corrected chi connectivity index (χ3v) is 4.43. The number of benzene rings is 2. The van der Waals surface area contributed by atoms with Gasteiger partial charge in [0.25, 0.3) is 10.1 Å². The molecule has 0 bridgehead atoms. The fraction of sp³-hybridized carbons (Fsp3) is 0.133. The van der Waals surface area contributed by atoms with Gasteiger partial charge in [0, 0.05) is 24.2 Å². The average Bonchev–Trinajstić information content (AvgIpc) is 2.92. The van der Waals surface area contributed by atoms with Crippen molar-refractivity contribution in [2.24, 2.45) is 0 Å². The van der Waals surface area contributed by atoms with Crippen LogP contribution in [0.25, 0.3) is 11.1 Å². The highest BCUT2D eigenvalue weighted by atomic mass is 32.2. The van der Waals surface area contributed by atoms with Crippen molar-refractivity contribution in [3.63, 3.8) is 0 Å². The second-order valence-corrected chi connectivity index (χ2v) is 6.44. The third kappa shape index (κ3) is 2.90. The van der Waals surface area contributed by atoms with Crippen LogP contribution in [-0.4, -0.2) is 32.1 Å². The largest absolute Gasteiger partial charge is 0.336 e. The summed E-state index contributed by atoms with van der Waals surface area (Å²) in [6, 6.07) is 9.21. The van der Waals surface area contributed by atoms with Crippen molar-refractivity contribution in [3.8, 4) is 11.1 Å². The first-order valence-corrected chi connectivity index (χ1v) is 8.24. The Morgan fingerprint density at radius 2 is 1.87 bits per heavy atom. The van der Waals surface area contributed by atoms with E-state index >= 15 is 0 Å². The van der Waals surface area contributed by atoms with Gasteiger partial charge in [0.1, 0.15) is 5.82 Å². The summed E-state index contributed by atoms with van der Waals surface area (Å²) in [4.78, 5) is 12.9. The summed E-state index contributed by atoms with van der Waals surface area (Å²) in [5.74, 6) is -0.555. The molecule has 0 unspecified atom stereocenters. The Hall–Kier alpha value is -2.45. The minimum absolute atomic E-state index is 0.146. The first-order chi connectivity index (χ1) is 10.9. The summed E-state index contributed by atoms with van der Waals surface area (Å²) in [5, 5.41) is 2.63. The van der Waals surface area contributed by atoms with Gasteiger partial charge in [0.05, 0.1) is 10.6 Å². The molecule has 2 aromatic carbocycles. The minimum Gasteiger partial charge on any atom is -0.336 e. The van der Waals surface area contributed by atoms with Crippen molar-refractivity contribution in [2.75, 3.05) is 18.0 Å². The van der Waals surface area contributed by atoms with Crippen molar-refractivity contribution >= 4 is 21.8 Å². The topological polar surface area (TPSA) is 86.7 Å². The molecule has 120 valence electrons. The van der Waals surface area contributed by atoms with Gasteiger partial charge in [-0.2, -0.15) is 8.42 Å². The van der Waals surface area contributed by atoms with Gasteiger partial charge in [0.15, 0.2) is 0 Å². The number of nitrogens with one attached hydrogen (secondary N) is 1. The van der Waals surface area contributed by atoms with Crippen LogP contribution >= 0.6 is 0 Å². The minimum atomic E-state index is -4.44. The summed E-state index contributed by atoms with van der Waals surface area (Å²) in [6.45, 7) is 0.821. The zero-order valence-electron chi connectivity index (χ0n) is 11.9. The SMILES string of the molecule is O=C1NCCN1c1ccc(S(=O)(=O)O)cc1-c1ccccc1F. The number of carbonyl (C=O) groups excluding carboxylic acids is 1. The standard InChI is InChI=1S/C15H13FN2O4S/c16-13-4-2-1-3-11(13)12-9-10(23(20,21)22)5-6-14(12)18-8-7-17-15(18)19/h1-6,9H,7-8H2,(H,17,19)(H,20,21,22). The molecule has 2 aromatic rings. The highest BCUT2D eigenvalue weighted by molar-refractivity contribution is 7.85. The quantitative estimate of drug-likeness (QED) is 0.842. The van der Waals surface area contributed by atoms with E-state index in [-0.39, 0.29) is 22.1 Å².